The van der Waals surface area contributed by atoms with E-state index in [9.17, 15) is 4.79 Å². The Kier molecular flexibility index (Phi) is 5.27. The van der Waals surface area contributed by atoms with Crippen molar-refractivity contribution in [3.63, 3.8) is 0 Å². The minimum atomic E-state index is -0.391. The van der Waals surface area contributed by atoms with Gasteiger partial charge in [-0.05, 0) is 11.1 Å². The summed E-state index contributed by atoms with van der Waals surface area (Å²) in [5, 5.41) is 9.29. The molecule has 1 aromatic carbocycles. The molecule has 122 valence electrons. The Morgan fingerprint density at radius 3 is 2.65 bits per heavy atom. The van der Waals surface area contributed by atoms with Gasteiger partial charge in [-0.15, -0.1) is 0 Å². The SMILES string of the molecule is O=c1[nH]ncc(NCc2ccc(CN3CCOCC3)cc2)c1Cl. The molecular weight excluding hydrogens is 316 g/mol. The molecule has 2 N–H and O–H groups in total. The molecule has 3 rings (SSSR count). The topological polar surface area (TPSA) is 70.2 Å². The number of hydrogen-bond acceptors (Lipinski definition) is 5. The van der Waals surface area contributed by atoms with Crippen molar-refractivity contribution in [2.75, 3.05) is 31.6 Å². The van der Waals surface area contributed by atoms with E-state index in [1.165, 1.54) is 11.8 Å². The second kappa shape index (κ2) is 7.59. The molecule has 1 saturated heterocycles. The van der Waals surface area contributed by atoms with E-state index in [4.69, 9.17) is 16.3 Å². The number of nitrogens with zero attached hydrogens (tertiary/aromatic N) is 2. The van der Waals surface area contributed by atoms with Crippen LogP contribution >= 0.6 is 11.6 Å². The van der Waals surface area contributed by atoms with Crippen LogP contribution in [0.4, 0.5) is 5.69 Å². The van der Waals surface area contributed by atoms with Crippen LogP contribution in [-0.4, -0.2) is 41.4 Å². The van der Waals surface area contributed by atoms with E-state index in [-0.39, 0.29) is 5.02 Å². The van der Waals surface area contributed by atoms with Crippen LogP contribution in [0.5, 0.6) is 0 Å². The van der Waals surface area contributed by atoms with Crippen molar-refractivity contribution in [1.82, 2.24) is 15.1 Å². The van der Waals surface area contributed by atoms with E-state index in [2.05, 4.69) is 44.7 Å². The van der Waals surface area contributed by atoms with Gasteiger partial charge in [-0.25, -0.2) is 5.10 Å². The van der Waals surface area contributed by atoms with E-state index >= 15 is 0 Å². The molecule has 2 heterocycles. The Hall–Kier alpha value is -1.89. The summed E-state index contributed by atoms with van der Waals surface area (Å²) in [7, 11) is 0. The molecule has 6 nitrogen and oxygen atoms in total. The van der Waals surface area contributed by atoms with Crippen molar-refractivity contribution in [1.29, 1.82) is 0 Å². The summed E-state index contributed by atoms with van der Waals surface area (Å²) in [4.78, 5) is 13.8. The Morgan fingerprint density at radius 1 is 1.22 bits per heavy atom. The lowest BCUT2D eigenvalue weighted by Crippen LogP contribution is -2.35. The number of nitrogens with one attached hydrogen (secondary N) is 2. The number of benzene rings is 1. The summed E-state index contributed by atoms with van der Waals surface area (Å²) in [5.74, 6) is 0. The summed E-state index contributed by atoms with van der Waals surface area (Å²) in [6, 6.07) is 8.42. The highest BCUT2D eigenvalue weighted by molar-refractivity contribution is 6.32. The van der Waals surface area contributed by atoms with Crippen LogP contribution in [0.2, 0.25) is 5.02 Å². The highest BCUT2D eigenvalue weighted by atomic mass is 35.5. The molecule has 0 unspecified atom stereocenters. The van der Waals surface area contributed by atoms with Gasteiger partial charge in [0.1, 0.15) is 5.02 Å². The van der Waals surface area contributed by atoms with Crippen LogP contribution in [-0.2, 0) is 17.8 Å². The van der Waals surface area contributed by atoms with E-state index in [1.54, 1.807) is 0 Å². The van der Waals surface area contributed by atoms with Gasteiger partial charge in [0.2, 0.25) is 0 Å². The highest BCUT2D eigenvalue weighted by Gasteiger charge is 2.10. The Labute approximate surface area is 139 Å². The molecule has 1 aliphatic rings. The Bertz CT molecular complexity index is 696. The first-order valence-corrected chi connectivity index (χ1v) is 7.95. The first-order chi connectivity index (χ1) is 11.2. The number of hydrogen-bond donors (Lipinski definition) is 2. The number of ether oxygens (including phenoxy) is 1. The molecule has 1 fully saturated rings. The second-order valence-corrected chi connectivity index (χ2v) is 5.86. The molecular formula is C16H19ClN4O2. The molecule has 0 bridgehead atoms. The smallest absolute Gasteiger partial charge is 0.285 e. The molecule has 2 aromatic rings. The van der Waals surface area contributed by atoms with Gasteiger partial charge in [-0.2, -0.15) is 5.10 Å². The highest BCUT2D eigenvalue weighted by Crippen LogP contribution is 2.16. The molecule has 7 heteroatoms. The van der Waals surface area contributed by atoms with Gasteiger partial charge in [0.25, 0.3) is 5.56 Å². The van der Waals surface area contributed by atoms with Gasteiger partial charge in [-0.1, -0.05) is 35.9 Å². The molecule has 0 radical (unpaired) electrons. The van der Waals surface area contributed by atoms with Crippen molar-refractivity contribution in [2.24, 2.45) is 0 Å². The van der Waals surface area contributed by atoms with Crippen LogP contribution in [0.15, 0.2) is 35.3 Å². The van der Waals surface area contributed by atoms with E-state index in [0.717, 1.165) is 38.4 Å². The monoisotopic (exact) mass is 334 g/mol. The largest absolute Gasteiger partial charge is 0.379 e. The predicted octanol–water partition coefficient (Wildman–Crippen LogP) is 1.87. The average molecular weight is 335 g/mol. The molecule has 0 atom stereocenters. The van der Waals surface area contributed by atoms with Gasteiger partial charge in [0.15, 0.2) is 0 Å². The number of aromatic nitrogens is 2. The predicted molar refractivity (Wildman–Crippen MR) is 89.7 cm³/mol. The molecule has 23 heavy (non-hydrogen) atoms. The van der Waals surface area contributed by atoms with Crippen LogP contribution in [0.3, 0.4) is 0 Å². The molecule has 0 spiro atoms. The maximum absolute atomic E-state index is 11.4. The third-order valence-electron chi connectivity index (χ3n) is 3.81. The fourth-order valence-electron chi connectivity index (χ4n) is 2.48. The number of aromatic amines is 1. The van der Waals surface area contributed by atoms with Crippen molar-refractivity contribution in [3.8, 4) is 0 Å². The van der Waals surface area contributed by atoms with Crippen molar-refractivity contribution in [3.05, 3.63) is 57.0 Å². The Morgan fingerprint density at radius 2 is 1.91 bits per heavy atom. The summed E-state index contributed by atoms with van der Waals surface area (Å²) in [6.45, 7) is 5.12. The maximum Gasteiger partial charge on any atom is 0.285 e. The zero-order valence-electron chi connectivity index (χ0n) is 12.7. The minimum absolute atomic E-state index is 0.129. The molecule has 0 aliphatic carbocycles. The lowest BCUT2D eigenvalue weighted by molar-refractivity contribution is 0.0342. The van der Waals surface area contributed by atoms with Gasteiger partial charge < -0.3 is 10.1 Å². The molecule has 0 saturated carbocycles. The number of rotatable bonds is 5. The minimum Gasteiger partial charge on any atom is -0.379 e. The molecule has 1 aliphatic heterocycles. The first-order valence-electron chi connectivity index (χ1n) is 7.57. The molecule has 1 aromatic heterocycles. The quantitative estimate of drug-likeness (QED) is 0.873. The van der Waals surface area contributed by atoms with E-state index < -0.39 is 5.56 Å². The summed E-state index contributed by atoms with van der Waals surface area (Å²) in [5.41, 5.74) is 2.55. The zero-order valence-corrected chi connectivity index (χ0v) is 13.5. The van der Waals surface area contributed by atoms with Crippen molar-refractivity contribution >= 4 is 17.3 Å². The number of halogens is 1. The normalized spacial score (nSPS) is 15.5. The van der Waals surface area contributed by atoms with Crippen molar-refractivity contribution < 1.29 is 4.74 Å². The van der Waals surface area contributed by atoms with Gasteiger partial charge in [0, 0.05) is 26.2 Å². The number of anilines is 1. The summed E-state index contributed by atoms with van der Waals surface area (Å²) in [6.07, 6.45) is 1.51. The number of morpholine rings is 1. The molecule has 0 amide bonds. The third-order valence-corrected chi connectivity index (χ3v) is 4.19. The van der Waals surface area contributed by atoms with Crippen LogP contribution in [0.1, 0.15) is 11.1 Å². The standard InChI is InChI=1S/C16H19ClN4O2/c17-15-14(10-19-20-16(15)22)18-9-12-1-3-13(4-2-12)11-21-5-7-23-8-6-21/h1-4,10H,5-9,11H2,(H2,18,20,22). The summed E-state index contributed by atoms with van der Waals surface area (Å²) >= 11 is 5.93. The van der Waals surface area contributed by atoms with E-state index in [1.807, 2.05) is 0 Å². The van der Waals surface area contributed by atoms with Crippen LogP contribution in [0, 0.1) is 0 Å². The maximum atomic E-state index is 11.4. The first kappa shape index (κ1) is 16.0. The average Bonchev–Trinajstić information content (AvgIpc) is 2.58. The van der Waals surface area contributed by atoms with Crippen LogP contribution < -0.4 is 10.9 Å². The van der Waals surface area contributed by atoms with Gasteiger partial charge in [-0.3, -0.25) is 9.69 Å². The lowest BCUT2D eigenvalue weighted by atomic mass is 10.1. The lowest BCUT2D eigenvalue weighted by Gasteiger charge is -2.26. The van der Waals surface area contributed by atoms with E-state index in [0.29, 0.717) is 12.2 Å². The third kappa shape index (κ3) is 4.31. The number of H-pyrrole nitrogens is 1. The Balaban J connectivity index is 1.57. The fraction of sp³-hybridized carbons (Fsp3) is 0.375. The zero-order chi connectivity index (χ0) is 16.1. The summed E-state index contributed by atoms with van der Waals surface area (Å²) < 4.78 is 5.36. The van der Waals surface area contributed by atoms with Crippen molar-refractivity contribution in [2.45, 2.75) is 13.1 Å². The van der Waals surface area contributed by atoms with Crippen LogP contribution in [0.25, 0.3) is 0 Å². The second-order valence-electron chi connectivity index (χ2n) is 5.49. The van der Waals surface area contributed by atoms with Gasteiger partial charge in [0.05, 0.1) is 25.1 Å². The van der Waals surface area contributed by atoms with Gasteiger partial charge >= 0.3 is 0 Å². The fourth-order valence-corrected chi connectivity index (χ4v) is 2.64.